The third kappa shape index (κ3) is 4.11. The quantitative estimate of drug-likeness (QED) is 0.497. The van der Waals surface area contributed by atoms with E-state index in [-0.39, 0.29) is 0 Å². The number of nitrogens with zero attached hydrogens (tertiary/aromatic N) is 3. The van der Waals surface area contributed by atoms with Gasteiger partial charge in [0.2, 0.25) is 0 Å². The molecule has 1 heterocycles. The molecule has 5 heteroatoms. The maximum Gasteiger partial charge on any atom is 0.197 e. The molecule has 1 aromatic rings. The fraction of sp³-hybridized carbons (Fsp3) is 0.353. The summed E-state index contributed by atoms with van der Waals surface area (Å²) in [5.41, 5.74) is 8.12. The number of guanidine groups is 1. The molecule has 0 radical (unpaired) electrons. The van der Waals surface area contributed by atoms with Crippen LogP contribution >= 0.6 is 0 Å². The minimum atomic E-state index is 0.473. The van der Waals surface area contributed by atoms with Crippen molar-refractivity contribution in [2.24, 2.45) is 10.7 Å². The summed E-state index contributed by atoms with van der Waals surface area (Å²) < 4.78 is 5.41. The lowest BCUT2D eigenvalue weighted by atomic mass is 10.2. The molecular weight excluding hydrogens is 276 g/mol. The zero-order valence-electron chi connectivity index (χ0n) is 12.9. The second-order valence-corrected chi connectivity index (χ2v) is 5.04. The van der Waals surface area contributed by atoms with Crippen LogP contribution in [0.2, 0.25) is 0 Å². The van der Waals surface area contributed by atoms with Crippen molar-refractivity contribution in [2.45, 2.75) is 0 Å². The van der Waals surface area contributed by atoms with E-state index in [2.05, 4.69) is 29.1 Å². The summed E-state index contributed by atoms with van der Waals surface area (Å²) in [6.07, 6.45) is 3.61. The predicted octanol–water partition coefficient (Wildman–Crippen LogP) is 2.14. The van der Waals surface area contributed by atoms with Crippen LogP contribution in [0.25, 0.3) is 0 Å². The molecule has 2 rings (SSSR count). The molecule has 0 spiro atoms. The van der Waals surface area contributed by atoms with E-state index in [1.807, 2.05) is 23.1 Å². The second kappa shape index (κ2) is 8.24. The predicted molar refractivity (Wildman–Crippen MR) is 92.7 cm³/mol. The monoisotopic (exact) mass is 300 g/mol. The number of morpholine rings is 1. The number of benzene rings is 1. The Bertz CT molecular complexity index is 525. The fourth-order valence-corrected chi connectivity index (χ4v) is 2.40. The van der Waals surface area contributed by atoms with Crippen LogP contribution in [0, 0.1) is 0 Å². The number of nitrogens with two attached hydrogens (primary N) is 1. The van der Waals surface area contributed by atoms with E-state index < -0.39 is 0 Å². The Morgan fingerprint density at radius 3 is 2.50 bits per heavy atom. The Labute approximate surface area is 132 Å². The summed E-state index contributed by atoms with van der Waals surface area (Å²) in [4.78, 5) is 8.82. The summed E-state index contributed by atoms with van der Waals surface area (Å²) in [6.45, 7) is 12.0. The highest BCUT2D eigenvalue weighted by atomic mass is 16.5. The Hall–Kier alpha value is -2.27. The smallest absolute Gasteiger partial charge is 0.197 e. The van der Waals surface area contributed by atoms with Crippen molar-refractivity contribution in [3.63, 3.8) is 0 Å². The molecule has 0 saturated carbocycles. The minimum Gasteiger partial charge on any atom is -0.378 e. The zero-order valence-corrected chi connectivity index (χ0v) is 12.9. The van der Waals surface area contributed by atoms with E-state index in [1.165, 1.54) is 0 Å². The molecule has 1 fully saturated rings. The number of hydrogen-bond acceptors (Lipinski definition) is 3. The van der Waals surface area contributed by atoms with Crippen molar-refractivity contribution in [3.05, 3.63) is 49.6 Å². The largest absolute Gasteiger partial charge is 0.378 e. The SMILES string of the molecule is C=CCN(CC=C)/C(N)=N/c1ccccc1N1CCOCC1. The second-order valence-electron chi connectivity index (χ2n) is 5.04. The number of para-hydroxylation sites is 2. The Kier molecular flexibility index (Phi) is 6.03. The summed E-state index contributed by atoms with van der Waals surface area (Å²) in [5.74, 6) is 0.473. The summed E-state index contributed by atoms with van der Waals surface area (Å²) in [5, 5.41) is 0. The molecule has 1 saturated heterocycles. The number of ether oxygens (including phenoxy) is 1. The first-order valence-electron chi connectivity index (χ1n) is 7.49. The molecule has 0 atom stereocenters. The molecule has 22 heavy (non-hydrogen) atoms. The number of anilines is 1. The van der Waals surface area contributed by atoms with Crippen LogP contribution < -0.4 is 10.6 Å². The van der Waals surface area contributed by atoms with Crippen molar-refractivity contribution >= 4 is 17.3 Å². The van der Waals surface area contributed by atoms with Gasteiger partial charge >= 0.3 is 0 Å². The molecule has 0 aromatic heterocycles. The molecule has 0 aliphatic carbocycles. The van der Waals surface area contributed by atoms with Crippen molar-refractivity contribution in [2.75, 3.05) is 44.3 Å². The molecule has 0 bridgehead atoms. The van der Waals surface area contributed by atoms with E-state index in [0.29, 0.717) is 19.0 Å². The first kappa shape index (κ1) is 16.1. The summed E-state index contributed by atoms with van der Waals surface area (Å²) in [6, 6.07) is 8.05. The average molecular weight is 300 g/mol. The van der Waals surface area contributed by atoms with E-state index in [0.717, 1.165) is 37.7 Å². The minimum absolute atomic E-state index is 0.473. The van der Waals surface area contributed by atoms with E-state index in [9.17, 15) is 0 Å². The van der Waals surface area contributed by atoms with Crippen LogP contribution in [-0.2, 0) is 4.74 Å². The number of rotatable bonds is 6. The van der Waals surface area contributed by atoms with Gasteiger partial charge in [0.25, 0.3) is 0 Å². The van der Waals surface area contributed by atoms with Gasteiger partial charge in [-0.25, -0.2) is 4.99 Å². The van der Waals surface area contributed by atoms with Gasteiger partial charge < -0.3 is 20.3 Å². The van der Waals surface area contributed by atoms with Crippen LogP contribution in [0.5, 0.6) is 0 Å². The first-order valence-corrected chi connectivity index (χ1v) is 7.49. The number of aliphatic imine (C=N–C) groups is 1. The molecule has 1 aliphatic rings. The van der Waals surface area contributed by atoms with Crippen LogP contribution in [0.1, 0.15) is 0 Å². The fourth-order valence-electron chi connectivity index (χ4n) is 2.40. The van der Waals surface area contributed by atoms with Crippen LogP contribution in [-0.4, -0.2) is 50.3 Å². The maximum absolute atomic E-state index is 6.16. The van der Waals surface area contributed by atoms with Gasteiger partial charge in [-0.2, -0.15) is 0 Å². The molecule has 0 amide bonds. The Balaban J connectivity index is 2.25. The Morgan fingerprint density at radius 2 is 1.86 bits per heavy atom. The molecule has 118 valence electrons. The summed E-state index contributed by atoms with van der Waals surface area (Å²) in [7, 11) is 0. The van der Waals surface area contributed by atoms with E-state index in [1.54, 1.807) is 12.2 Å². The number of hydrogen-bond donors (Lipinski definition) is 1. The molecule has 1 aromatic carbocycles. The van der Waals surface area contributed by atoms with Crippen molar-refractivity contribution in [3.8, 4) is 0 Å². The maximum atomic E-state index is 6.16. The van der Waals surface area contributed by atoms with Gasteiger partial charge in [-0.3, -0.25) is 0 Å². The lowest BCUT2D eigenvalue weighted by molar-refractivity contribution is 0.123. The van der Waals surface area contributed by atoms with Gasteiger partial charge in [0.1, 0.15) is 0 Å². The average Bonchev–Trinajstić information content (AvgIpc) is 2.56. The standard InChI is InChI=1S/C17H24N4O/c1-3-9-21(10-4-2)17(18)19-15-7-5-6-8-16(15)20-11-13-22-14-12-20/h3-8H,1-2,9-14H2,(H2,18,19). The van der Waals surface area contributed by atoms with Gasteiger partial charge in [-0.15, -0.1) is 13.2 Å². The highest BCUT2D eigenvalue weighted by molar-refractivity contribution is 5.84. The van der Waals surface area contributed by atoms with Gasteiger partial charge in [0, 0.05) is 26.2 Å². The molecule has 5 nitrogen and oxygen atoms in total. The van der Waals surface area contributed by atoms with Gasteiger partial charge in [0.15, 0.2) is 5.96 Å². The Morgan fingerprint density at radius 1 is 1.23 bits per heavy atom. The van der Waals surface area contributed by atoms with Crippen LogP contribution in [0.4, 0.5) is 11.4 Å². The van der Waals surface area contributed by atoms with Crippen LogP contribution in [0.15, 0.2) is 54.6 Å². The van der Waals surface area contributed by atoms with Gasteiger partial charge in [0.05, 0.1) is 24.6 Å². The van der Waals surface area contributed by atoms with Gasteiger partial charge in [-0.1, -0.05) is 24.3 Å². The highest BCUT2D eigenvalue weighted by Gasteiger charge is 2.15. The van der Waals surface area contributed by atoms with Gasteiger partial charge in [-0.05, 0) is 12.1 Å². The topological polar surface area (TPSA) is 54.1 Å². The third-order valence-corrected chi connectivity index (χ3v) is 3.49. The molecule has 1 aliphatic heterocycles. The van der Waals surface area contributed by atoms with Crippen molar-refractivity contribution < 1.29 is 4.74 Å². The molecule has 0 unspecified atom stereocenters. The van der Waals surface area contributed by atoms with E-state index in [4.69, 9.17) is 10.5 Å². The first-order chi connectivity index (χ1) is 10.8. The van der Waals surface area contributed by atoms with Crippen molar-refractivity contribution in [1.82, 2.24) is 4.90 Å². The lowest BCUT2D eigenvalue weighted by Crippen LogP contribution is -2.38. The van der Waals surface area contributed by atoms with Crippen LogP contribution in [0.3, 0.4) is 0 Å². The normalized spacial score (nSPS) is 15.5. The van der Waals surface area contributed by atoms with Crippen molar-refractivity contribution in [1.29, 1.82) is 0 Å². The highest BCUT2D eigenvalue weighted by Crippen LogP contribution is 2.29. The molecular formula is C17H24N4O. The summed E-state index contributed by atoms with van der Waals surface area (Å²) >= 11 is 0. The van der Waals surface area contributed by atoms with E-state index >= 15 is 0 Å². The lowest BCUT2D eigenvalue weighted by Gasteiger charge is -2.30. The zero-order chi connectivity index (χ0) is 15.8. The molecule has 2 N–H and O–H groups in total. The third-order valence-electron chi connectivity index (χ3n) is 3.49.